The van der Waals surface area contributed by atoms with E-state index >= 15 is 0 Å². The molecule has 0 bridgehead atoms. The van der Waals surface area contributed by atoms with E-state index in [4.69, 9.17) is 13.9 Å². The lowest BCUT2D eigenvalue weighted by Gasteiger charge is -2.41. The Hall–Kier alpha value is -5.08. The van der Waals surface area contributed by atoms with Crippen molar-refractivity contribution >= 4 is 23.0 Å². The lowest BCUT2D eigenvalue weighted by Crippen LogP contribution is -2.56. The lowest BCUT2D eigenvalue weighted by atomic mass is 9.89. The second kappa shape index (κ2) is 11.7. The first-order valence-electron chi connectivity index (χ1n) is 12.8. The molecule has 0 amide bonds. The Balaban J connectivity index is 1.60. The smallest absolute Gasteiger partial charge is 0.331 e. The quantitative estimate of drug-likeness (QED) is 0.0905. The number of ether oxygens (including phenoxy) is 2. The number of fused-ring (bicyclic) bond motifs is 1. The highest BCUT2D eigenvalue weighted by Crippen LogP contribution is 2.44. The summed E-state index contributed by atoms with van der Waals surface area (Å²) >= 11 is 0. The SMILES string of the molecule is O=C(/C=C/c1ccc(O)c(O)c1)O[C@@H]1[C@@H](O)[C@H](O)[C@@H](CO)O[C@H]1c1c(O)cc(O)c2c(=O)cc(-c3ccc(O)cc3)oc12. The largest absolute Gasteiger partial charge is 0.508 e. The van der Waals surface area contributed by atoms with Crippen LogP contribution in [0.15, 0.2) is 69.9 Å². The van der Waals surface area contributed by atoms with Crippen molar-refractivity contribution < 1.29 is 59.5 Å². The Morgan fingerprint density at radius 2 is 1.58 bits per heavy atom. The summed E-state index contributed by atoms with van der Waals surface area (Å²) < 4.78 is 17.1. The summed E-state index contributed by atoms with van der Waals surface area (Å²) in [6.07, 6.45) is -6.28. The van der Waals surface area contributed by atoms with Crippen LogP contribution in [0.1, 0.15) is 17.2 Å². The number of rotatable bonds is 6. The molecule has 1 fully saturated rings. The highest BCUT2D eigenvalue weighted by molar-refractivity contribution is 5.90. The van der Waals surface area contributed by atoms with Crippen LogP contribution in [0.3, 0.4) is 0 Å². The van der Waals surface area contributed by atoms with Gasteiger partial charge in [0.25, 0.3) is 0 Å². The van der Waals surface area contributed by atoms with E-state index in [0.717, 1.165) is 18.2 Å². The number of aliphatic hydroxyl groups excluding tert-OH is 3. The van der Waals surface area contributed by atoms with Crippen LogP contribution in [0.2, 0.25) is 0 Å². The van der Waals surface area contributed by atoms with E-state index < -0.39 is 71.4 Å². The molecule has 0 unspecified atom stereocenters. The van der Waals surface area contributed by atoms with Crippen molar-refractivity contribution in [3.63, 3.8) is 0 Å². The van der Waals surface area contributed by atoms with Crippen molar-refractivity contribution in [1.82, 2.24) is 0 Å². The standard InChI is InChI=1S/C30H26O13/c31-12-22-26(39)27(40)30(43-23(38)8-2-13-1-7-16(33)17(34)9-13)29(42-22)25-19(36)10-18(35)24-20(37)11-21(41-28(24)25)14-3-5-15(32)6-4-14/h1-11,22,26-27,29-36,39-40H,12H2/b8-2+/t22-,26-,27+,29+,30-/m1/s1. The van der Waals surface area contributed by atoms with E-state index in [0.29, 0.717) is 11.1 Å². The number of carbonyl (C=O) groups is 1. The van der Waals surface area contributed by atoms with Crippen LogP contribution in [0.4, 0.5) is 0 Å². The van der Waals surface area contributed by atoms with Gasteiger partial charge in [-0.05, 0) is 48.0 Å². The number of benzene rings is 3. The first kappa shape index (κ1) is 29.4. The number of aliphatic hydroxyl groups is 3. The first-order valence-corrected chi connectivity index (χ1v) is 12.8. The van der Waals surface area contributed by atoms with Crippen molar-refractivity contribution in [3.05, 3.63) is 82.0 Å². The summed E-state index contributed by atoms with van der Waals surface area (Å²) in [7, 11) is 0. The fourth-order valence-corrected chi connectivity index (χ4v) is 4.80. The maximum atomic E-state index is 13.1. The van der Waals surface area contributed by atoms with Crippen LogP contribution in [0.25, 0.3) is 28.4 Å². The highest BCUT2D eigenvalue weighted by Gasteiger charge is 2.49. The lowest BCUT2D eigenvalue weighted by molar-refractivity contribution is -0.239. The Bertz CT molecular complexity index is 1760. The van der Waals surface area contributed by atoms with Gasteiger partial charge in [-0.3, -0.25) is 4.79 Å². The molecule has 5 rings (SSSR count). The molecule has 1 aliphatic heterocycles. The van der Waals surface area contributed by atoms with E-state index in [1.807, 2.05) is 0 Å². The predicted molar refractivity (Wildman–Crippen MR) is 148 cm³/mol. The minimum absolute atomic E-state index is 0.0347. The van der Waals surface area contributed by atoms with E-state index in [1.54, 1.807) is 0 Å². The van der Waals surface area contributed by atoms with Gasteiger partial charge in [-0.15, -0.1) is 0 Å². The third-order valence-electron chi connectivity index (χ3n) is 6.96. The van der Waals surface area contributed by atoms with Gasteiger partial charge in [0.15, 0.2) is 28.6 Å². The van der Waals surface area contributed by atoms with Crippen molar-refractivity contribution in [2.45, 2.75) is 30.5 Å². The summed E-state index contributed by atoms with van der Waals surface area (Å²) in [6, 6.07) is 11.3. The van der Waals surface area contributed by atoms with E-state index in [1.165, 1.54) is 48.5 Å². The van der Waals surface area contributed by atoms with Crippen molar-refractivity contribution in [1.29, 1.82) is 0 Å². The number of hydrogen-bond donors (Lipinski definition) is 8. The van der Waals surface area contributed by atoms with Gasteiger partial charge in [-0.25, -0.2) is 4.79 Å². The van der Waals surface area contributed by atoms with Gasteiger partial charge in [-0.1, -0.05) is 6.07 Å². The summed E-state index contributed by atoms with van der Waals surface area (Å²) in [5, 5.41) is 81.2. The summed E-state index contributed by atoms with van der Waals surface area (Å²) in [5.41, 5.74) is -0.816. The van der Waals surface area contributed by atoms with Crippen LogP contribution in [0, 0.1) is 0 Å². The van der Waals surface area contributed by atoms with Crippen LogP contribution in [0.5, 0.6) is 28.7 Å². The van der Waals surface area contributed by atoms with Crippen molar-refractivity contribution in [2.24, 2.45) is 0 Å². The number of phenols is 5. The van der Waals surface area contributed by atoms with E-state index in [-0.39, 0.29) is 28.2 Å². The Labute approximate surface area is 242 Å². The molecule has 224 valence electrons. The van der Waals surface area contributed by atoms with E-state index in [9.17, 15) is 50.4 Å². The van der Waals surface area contributed by atoms with Gasteiger partial charge in [0, 0.05) is 23.8 Å². The van der Waals surface area contributed by atoms with Crippen molar-refractivity contribution in [3.8, 4) is 40.1 Å². The number of aromatic hydroxyl groups is 5. The number of esters is 1. The molecule has 0 radical (unpaired) electrons. The fourth-order valence-electron chi connectivity index (χ4n) is 4.80. The molecule has 5 atom stereocenters. The summed E-state index contributed by atoms with van der Waals surface area (Å²) in [5.74, 6) is -3.29. The van der Waals surface area contributed by atoms with E-state index in [2.05, 4.69) is 0 Å². The molecule has 8 N–H and O–H groups in total. The van der Waals surface area contributed by atoms with Crippen molar-refractivity contribution in [2.75, 3.05) is 6.61 Å². The maximum absolute atomic E-state index is 13.1. The first-order chi connectivity index (χ1) is 20.5. The zero-order valence-electron chi connectivity index (χ0n) is 22.1. The minimum atomic E-state index is -1.87. The van der Waals surface area contributed by atoms with Gasteiger partial charge in [-0.2, -0.15) is 0 Å². The normalized spacial score (nSPS) is 22.2. The number of phenolic OH excluding ortho intramolecular Hbond substituents is 5. The Morgan fingerprint density at radius 3 is 2.26 bits per heavy atom. The average molecular weight is 595 g/mol. The van der Waals surface area contributed by atoms with Crippen LogP contribution >= 0.6 is 0 Å². The number of hydrogen-bond acceptors (Lipinski definition) is 13. The molecule has 2 heterocycles. The Morgan fingerprint density at radius 1 is 0.860 bits per heavy atom. The molecule has 13 nitrogen and oxygen atoms in total. The fraction of sp³-hybridized carbons (Fsp3) is 0.200. The van der Waals surface area contributed by atoms with Gasteiger partial charge in [0.05, 0.1) is 12.2 Å². The van der Waals surface area contributed by atoms with Crippen LogP contribution < -0.4 is 5.43 Å². The molecule has 1 aromatic heterocycles. The average Bonchev–Trinajstić information content (AvgIpc) is 2.97. The molecule has 1 saturated heterocycles. The predicted octanol–water partition coefficient (Wildman–Crippen LogP) is 1.77. The molecule has 3 aromatic carbocycles. The number of carbonyl (C=O) groups excluding carboxylic acids is 1. The molecular weight excluding hydrogens is 568 g/mol. The zero-order chi connectivity index (χ0) is 31.0. The second-order valence-corrected chi connectivity index (χ2v) is 9.80. The summed E-state index contributed by atoms with van der Waals surface area (Å²) in [6.45, 7) is -0.793. The van der Waals surface area contributed by atoms with Gasteiger partial charge < -0.3 is 54.7 Å². The molecule has 0 saturated carbocycles. The molecule has 0 spiro atoms. The zero-order valence-corrected chi connectivity index (χ0v) is 22.1. The maximum Gasteiger partial charge on any atom is 0.331 e. The minimum Gasteiger partial charge on any atom is -0.508 e. The van der Waals surface area contributed by atoms with Gasteiger partial charge >= 0.3 is 5.97 Å². The van der Waals surface area contributed by atoms with Gasteiger partial charge in [0.1, 0.15) is 52.8 Å². The molecular formula is C30H26O13. The molecule has 13 heteroatoms. The second-order valence-electron chi connectivity index (χ2n) is 9.80. The summed E-state index contributed by atoms with van der Waals surface area (Å²) in [4.78, 5) is 25.9. The third kappa shape index (κ3) is 5.69. The van der Waals surface area contributed by atoms with Gasteiger partial charge in [0.2, 0.25) is 0 Å². The molecule has 4 aromatic rings. The molecule has 0 aliphatic carbocycles. The molecule has 1 aliphatic rings. The van der Waals surface area contributed by atoms with Crippen LogP contribution in [-0.2, 0) is 14.3 Å². The Kier molecular flexibility index (Phi) is 7.98. The highest BCUT2D eigenvalue weighted by atomic mass is 16.6. The topological polar surface area (TPSA) is 228 Å². The molecule has 43 heavy (non-hydrogen) atoms. The third-order valence-corrected chi connectivity index (χ3v) is 6.96. The monoisotopic (exact) mass is 594 g/mol. The van der Waals surface area contributed by atoms with Crippen LogP contribution in [-0.4, -0.2) is 77.8 Å².